The lowest BCUT2D eigenvalue weighted by Gasteiger charge is -2.18. The van der Waals surface area contributed by atoms with Gasteiger partial charge in [-0.05, 0) is 36.6 Å². The molecule has 1 saturated heterocycles. The van der Waals surface area contributed by atoms with Crippen molar-refractivity contribution in [2.24, 2.45) is 7.05 Å². The van der Waals surface area contributed by atoms with Gasteiger partial charge in [0, 0.05) is 68.5 Å². The van der Waals surface area contributed by atoms with E-state index in [0.29, 0.717) is 25.2 Å². The molecule has 1 saturated carbocycles. The van der Waals surface area contributed by atoms with Crippen molar-refractivity contribution >= 4 is 5.91 Å². The Morgan fingerprint density at radius 2 is 2.18 bits per heavy atom. The topological polar surface area (TPSA) is 51.0 Å². The van der Waals surface area contributed by atoms with E-state index >= 15 is 0 Å². The van der Waals surface area contributed by atoms with Crippen LogP contribution >= 0.6 is 0 Å². The first kappa shape index (κ1) is 18.8. The zero-order chi connectivity index (χ0) is 19.9. The molecule has 2 atom stereocenters. The van der Waals surface area contributed by atoms with Crippen molar-refractivity contribution in [3.8, 4) is 11.3 Å². The molecule has 2 aromatic heterocycles. The molecule has 0 spiro atoms. The van der Waals surface area contributed by atoms with Crippen LogP contribution in [0.3, 0.4) is 0 Å². The van der Waals surface area contributed by atoms with Crippen LogP contribution in [0.25, 0.3) is 11.3 Å². The summed E-state index contributed by atoms with van der Waals surface area (Å²) in [6, 6.07) is 3.86. The third-order valence-electron chi connectivity index (χ3n) is 5.88. The van der Waals surface area contributed by atoms with Gasteiger partial charge in [-0.25, -0.2) is 8.78 Å². The molecule has 148 valence electrons. The number of likely N-dealkylation sites (tertiary alicyclic amines) is 1. The van der Waals surface area contributed by atoms with Crippen molar-refractivity contribution in [2.45, 2.75) is 43.4 Å². The number of nitrogens with zero attached hydrogens (tertiary/aromatic N) is 4. The molecule has 1 amide bonds. The summed E-state index contributed by atoms with van der Waals surface area (Å²) >= 11 is 0. The van der Waals surface area contributed by atoms with Gasteiger partial charge in [0.05, 0.1) is 5.69 Å². The first-order valence-corrected chi connectivity index (χ1v) is 9.65. The molecule has 7 heteroatoms. The number of rotatable bonds is 4. The molecule has 5 nitrogen and oxygen atoms in total. The predicted octanol–water partition coefficient (Wildman–Crippen LogP) is 3.89. The first-order valence-electron chi connectivity index (χ1n) is 9.65. The van der Waals surface area contributed by atoms with Gasteiger partial charge in [-0.15, -0.1) is 0 Å². The van der Waals surface area contributed by atoms with Crippen molar-refractivity contribution in [3.05, 3.63) is 48.4 Å². The third-order valence-corrected chi connectivity index (χ3v) is 5.88. The number of hydrogen-bond acceptors (Lipinski definition) is 3. The number of halogens is 2. The molecule has 2 fully saturated rings. The second-order valence-electron chi connectivity index (χ2n) is 7.84. The van der Waals surface area contributed by atoms with E-state index in [-0.39, 0.29) is 30.6 Å². The Morgan fingerprint density at radius 3 is 2.82 bits per heavy atom. The van der Waals surface area contributed by atoms with Crippen LogP contribution in [-0.4, -0.2) is 44.6 Å². The number of amides is 1. The highest BCUT2D eigenvalue weighted by atomic mass is 19.3. The zero-order valence-corrected chi connectivity index (χ0v) is 15.9. The molecule has 1 aliphatic heterocycles. The number of aromatic nitrogens is 3. The normalized spacial score (nSPS) is 23.9. The lowest BCUT2D eigenvalue weighted by Crippen LogP contribution is -2.26. The number of aryl methyl sites for hydroxylation is 1. The fourth-order valence-electron chi connectivity index (χ4n) is 4.36. The van der Waals surface area contributed by atoms with Crippen LogP contribution in [0.4, 0.5) is 8.78 Å². The summed E-state index contributed by atoms with van der Waals surface area (Å²) in [6.07, 6.45) is 6.07. The Hall–Kier alpha value is -2.57. The minimum Gasteiger partial charge on any atom is -0.339 e. The van der Waals surface area contributed by atoms with Crippen molar-refractivity contribution in [1.29, 1.82) is 0 Å². The van der Waals surface area contributed by atoms with Crippen LogP contribution in [0.2, 0.25) is 0 Å². The SMILES string of the molecule is C=CC(=O)N1CC[C@@H](c2cnc([C@H]3CCC(F)(F)C3)cc2-c2ccn(C)n2)C1. The highest BCUT2D eigenvalue weighted by Crippen LogP contribution is 2.45. The van der Waals surface area contributed by atoms with Gasteiger partial charge in [0.25, 0.3) is 0 Å². The standard InChI is InChI=1S/C21H24F2N4O/c1-3-20(28)27-9-5-15(13-27)17-12-24-19(14-4-7-21(22,23)11-14)10-16(17)18-6-8-26(2)25-18/h3,6,8,10,12,14-15H,1,4-5,7,9,11,13H2,2H3/t14-,15+/m0/s1. The second kappa shape index (κ2) is 7.11. The van der Waals surface area contributed by atoms with Crippen molar-refractivity contribution < 1.29 is 13.6 Å². The van der Waals surface area contributed by atoms with Crippen LogP contribution in [-0.2, 0) is 11.8 Å². The van der Waals surface area contributed by atoms with Crippen LogP contribution in [0.5, 0.6) is 0 Å². The molecule has 2 aliphatic rings. The van der Waals surface area contributed by atoms with Crippen molar-refractivity contribution in [1.82, 2.24) is 19.7 Å². The smallest absolute Gasteiger partial charge is 0.248 e. The molecule has 0 unspecified atom stereocenters. The van der Waals surface area contributed by atoms with Gasteiger partial charge < -0.3 is 4.90 Å². The van der Waals surface area contributed by atoms with Crippen LogP contribution in [0.1, 0.15) is 48.8 Å². The van der Waals surface area contributed by atoms with Crippen molar-refractivity contribution in [2.75, 3.05) is 13.1 Å². The summed E-state index contributed by atoms with van der Waals surface area (Å²) in [7, 11) is 1.85. The second-order valence-corrected chi connectivity index (χ2v) is 7.84. The van der Waals surface area contributed by atoms with Crippen LogP contribution in [0, 0.1) is 0 Å². The Labute approximate surface area is 163 Å². The Kier molecular flexibility index (Phi) is 4.77. The van der Waals surface area contributed by atoms with Crippen LogP contribution in [0.15, 0.2) is 37.2 Å². The molecule has 4 rings (SSSR count). The van der Waals surface area contributed by atoms with Crippen molar-refractivity contribution in [3.63, 3.8) is 0 Å². The summed E-state index contributed by atoms with van der Waals surface area (Å²) in [6.45, 7) is 4.84. The third kappa shape index (κ3) is 3.57. The Balaban J connectivity index is 1.68. The van der Waals surface area contributed by atoms with E-state index in [0.717, 1.165) is 23.2 Å². The minimum absolute atomic E-state index is 0.0698. The minimum atomic E-state index is -2.60. The zero-order valence-electron chi connectivity index (χ0n) is 15.9. The number of pyridine rings is 1. The molecule has 1 aliphatic carbocycles. The van der Waals surface area contributed by atoms with E-state index in [2.05, 4.69) is 16.7 Å². The molecule has 2 aromatic rings. The molecular formula is C21H24F2N4O. The average Bonchev–Trinajstić information content (AvgIpc) is 3.40. The average molecular weight is 386 g/mol. The van der Waals surface area contributed by atoms with Gasteiger partial charge in [0.2, 0.25) is 11.8 Å². The molecule has 0 N–H and O–H groups in total. The predicted molar refractivity (Wildman–Crippen MR) is 102 cm³/mol. The number of carbonyl (C=O) groups is 1. The molecule has 28 heavy (non-hydrogen) atoms. The molecule has 0 radical (unpaired) electrons. The monoisotopic (exact) mass is 386 g/mol. The van der Waals surface area contributed by atoms with Gasteiger partial charge in [0.15, 0.2) is 0 Å². The van der Waals surface area contributed by atoms with E-state index in [1.165, 1.54) is 6.08 Å². The van der Waals surface area contributed by atoms with Crippen LogP contribution < -0.4 is 0 Å². The number of alkyl halides is 2. The lowest BCUT2D eigenvalue weighted by atomic mass is 9.91. The van der Waals surface area contributed by atoms with Gasteiger partial charge in [-0.1, -0.05) is 6.58 Å². The lowest BCUT2D eigenvalue weighted by molar-refractivity contribution is -0.125. The largest absolute Gasteiger partial charge is 0.339 e. The highest BCUT2D eigenvalue weighted by Gasteiger charge is 2.41. The fourth-order valence-corrected chi connectivity index (χ4v) is 4.36. The summed E-state index contributed by atoms with van der Waals surface area (Å²) < 4.78 is 29.1. The van der Waals surface area contributed by atoms with Gasteiger partial charge in [-0.3, -0.25) is 14.5 Å². The summed E-state index contributed by atoms with van der Waals surface area (Å²) in [4.78, 5) is 18.3. The summed E-state index contributed by atoms with van der Waals surface area (Å²) in [5.74, 6) is -2.76. The summed E-state index contributed by atoms with van der Waals surface area (Å²) in [5.41, 5.74) is 3.46. The van der Waals surface area contributed by atoms with E-state index in [4.69, 9.17) is 0 Å². The maximum atomic E-state index is 13.7. The van der Waals surface area contributed by atoms with Gasteiger partial charge in [0.1, 0.15) is 0 Å². The van der Waals surface area contributed by atoms with E-state index in [9.17, 15) is 13.6 Å². The van der Waals surface area contributed by atoms with E-state index in [1.807, 2.05) is 31.6 Å². The molecule has 0 aromatic carbocycles. The fraction of sp³-hybridized carbons (Fsp3) is 0.476. The summed E-state index contributed by atoms with van der Waals surface area (Å²) in [5, 5.41) is 4.52. The van der Waals surface area contributed by atoms with Gasteiger partial charge >= 0.3 is 0 Å². The quantitative estimate of drug-likeness (QED) is 0.749. The highest BCUT2D eigenvalue weighted by molar-refractivity contribution is 5.87. The maximum Gasteiger partial charge on any atom is 0.248 e. The Bertz CT molecular complexity index is 908. The number of hydrogen-bond donors (Lipinski definition) is 0. The molecule has 3 heterocycles. The van der Waals surface area contributed by atoms with Gasteiger partial charge in [-0.2, -0.15) is 5.10 Å². The molecular weight excluding hydrogens is 362 g/mol. The molecule has 0 bridgehead atoms. The van der Waals surface area contributed by atoms with E-state index in [1.54, 1.807) is 9.58 Å². The van der Waals surface area contributed by atoms with E-state index < -0.39 is 5.92 Å². The Morgan fingerprint density at radius 1 is 1.36 bits per heavy atom. The number of carbonyl (C=O) groups excluding carboxylic acids is 1. The first-order chi connectivity index (χ1) is 13.4. The maximum absolute atomic E-state index is 13.7.